The van der Waals surface area contributed by atoms with E-state index in [9.17, 15) is 9.59 Å². The van der Waals surface area contributed by atoms with E-state index >= 15 is 0 Å². The van der Waals surface area contributed by atoms with E-state index in [0.29, 0.717) is 0 Å². The number of rotatable bonds is 7. The Balaban J connectivity index is 2.42. The van der Waals surface area contributed by atoms with E-state index in [2.05, 4.69) is 21.2 Å². The van der Waals surface area contributed by atoms with Gasteiger partial charge in [0.25, 0.3) is 0 Å². The molecule has 19 heavy (non-hydrogen) atoms. The molecular formula is C13H16BrNO4. The third-order valence-corrected chi connectivity index (χ3v) is 2.91. The number of ether oxygens (including phenoxy) is 2. The second kappa shape index (κ2) is 8.66. The third kappa shape index (κ3) is 5.85. The van der Waals surface area contributed by atoms with Gasteiger partial charge in [-0.15, -0.1) is 0 Å². The number of alkyl carbamates (subject to hydrolysis) is 1. The smallest absolute Gasteiger partial charge is 0.408 e. The Morgan fingerprint density at radius 2 is 2.00 bits per heavy atom. The molecule has 1 aromatic carbocycles. The fraction of sp³-hybridized carbons (Fsp3) is 0.385. The zero-order valence-corrected chi connectivity index (χ0v) is 12.2. The van der Waals surface area contributed by atoms with Crippen molar-refractivity contribution in [3.05, 3.63) is 35.9 Å². The van der Waals surface area contributed by atoms with Gasteiger partial charge in [0.1, 0.15) is 12.6 Å². The number of hydrogen-bond acceptors (Lipinski definition) is 4. The summed E-state index contributed by atoms with van der Waals surface area (Å²) < 4.78 is 9.91. The van der Waals surface area contributed by atoms with Gasteiger partial charge in [-0.05, 0) is 5.56 Å². The lowest BCUT2D eigenvalue weighted by Crippen LogP contribution is -2.44. The zero-order valence-electron chi connectivity index (χ0n) is 10.6. The van der Waals surface area contributed by atoms with Gasteiger partial charge < -0.3 is 14.8 Å². The predicted molar refractivity (Wildman–Crippen MR) is 74.2 cm³/mol. The fourth-order valence-electron chi connectivity index (χ4n) is 1.38. The summed E-state index contributed by atoms with van der Waals surface area (Å²) in [5, 5.41) is 2.63. The molecule has 5 nitrogen and oxygen atoms in total. The van der Waals surface area contributed by atoms with Crippen LogP contribution in [0, 0.1) is 0 Å². The minimum atomic E-state index is -0.701. The van der Waals surface area contributed by atoms with E-state index in [1.165, 1.54) is 7.11 Å². The summed E-state index contributed by atoms with van der Waals surface area (Å²) in [6.45, 7) is 0.278. The van der Waals surface area contributed by atoms with Crippen LogP contribution in [0.3, 0.4) is 0 Å². The molecule has 0 bridgehead atoms. The maximum Gasteiger partial charge on any atom is 0.408 e. The molecule has 1 aromatic rings. The number of ketones is 1. The standard InChI is InChI=1S/C13H16BrNO4/c1-18-9-11(12(16)7-14)15-13(17)19-8-10-5-3-2-4-6-10/h2-6,11H,7-9H2,1H3,(H,15,17). The molecule has 0 aliphatic carbocycles. The normalized spacial score (nSPS) is 11.7. The van der Waals surface area contributed by atoms with Gasteiger partial charge in [0, 0.05) is 7.11 Å². The Labute approximate surface area is 120 Å². The first-order valence-corrected chi connectivity index (χ1v) is 6.84. The maximum absolute atomic E-state index is 11.6. The average molecular weight is 330 g/mol. The number of amides is 1. The summed E-state index contributed by atoms with van der Waals surface area (Å²) >= 11 is 3.05. The van der Waals surface area contributed by atoms with Crippen molar-refractivity contribution in [3.63, 3.8) is 0 Å². The van der Waals surface area contributed by atoms with Gasteiger partial charge in [-0.1, -0.05) is 46.3 Å². The Bertz CT molecular complexity index is 410. The molecule has 0 saturated heterocycles. The van der Waals surface area contributed by atoms with Crippen LogP contribution in [-0.4, -0.2) is 37.0 Å². The van der Waals surface area contributed by atoms with Gasteiger partial charge in [-0.3, -0.25) is 4.79 Å². The Hall–Kier alpha value is -1.40. The molecule has 6 heteroatoms. The highest BCUT2D eigenvalue weighted by atomic mass is 79.9. The van der Waals surface area contributed by atoms with Gasteiger partial charge in [0.05, 0.1) is 11.9 Å². The Kier molecular flexibility index (Phi) is 7.14. The number of alkyl halides is 1. The topological polar surface area (TPSA) is 64.6 Å². The number of Topliss-reactive ketones (excluding diaryl/α,β-unsaturated/α-hetero) is 1. The number of nitrogens with one attached hydrogen (secondary N) is 1. The maximum atomic E-state index is 11.6. The SMILES string of the molecule is COCC(NC(=O)OCc1ccccc1)C(=O)CBr. The van der Waals surface area contributed by atoms with E-state index in [0.717, 1.165) is 5.56 Å². The molecule has 0 aromatic heterocycles. The van der Waals surface area contributed by atoms with Crippen LogP contribution in [0.4, 0.5) is 4.79 Å². The number of carbonyl (C=O) groups is 2. The lowest BCUT2D eigenvalue weighted by atomic mass is 10.2. The van der Waals surface area contributed by atoms with Crippen molar-refractivity contribution >= 4 is 27.8 Å². The molecule has 1 unspecified atom stereocenters. The van der Waals surface area contributed by atoms with Crippen molar-refractivity contribution in [1.29, 1.82) is 0 Å². The van der Waals surface area contributed by atoms with E-state index in [1.807, 2.05) is 30.3 Å². The van der Waals surface area contributed by atoms with Crippen LogP contribution in [0.2, 0.25) is 0 Å². The molecule has 0 aliphatic rings. The van der Waals surface area contributed by atoms with Crippen LogP contribution >= 0.6 is 15.9 Å². The molecule has 0 aliphatic heterocycles. The molecule has 0 spiro atoms. The highest BCUT2D eigenvalue weighted by Gasteiger charge is 2.20. The van der Waals surface area contributed by atoms with E-state index in [-0.39, 0.29) is 24.3 Å². The molecule has 1 rings (SSSR count). The predicted octanol–water partition coefficient (Wildman–Crippen LogP) is 1.89. The van der Waals surface area contributed by atoms with Crippen LogP contribution < -0.4 is 5.32 Å². The molecule has 1 N–H and O–H groups in total. The summed E-state index contributed by atoms with van der Waals surface area (Å²) in [6.07, 6.45) is -0.639. The van der Waals surface area contributed by atoms with E-state index in [4.69, 9.17) is 9.47 Å². The lowest BCUT2D eigenvalue weighted by Gasteiger charge is -2.15. The van der Waals surface area contributed by atoms with Gasteiger partial charge in [-0.2, -0.15) is 0 Å². The first-order valence-electron chi connectivity index (χ1n) is 5.72. The highest BCUT2D eigenvalue weighted by molar-refractivity contribution is 9.09. The number of hydrogen-bond donors (Lipinski definition) is 1. The number of methoxy groups -OCH3 is 1. The molecule has 0 saturated carbocycles. The number of benzene rings is 1. The number of carbonyl (C=O) groups excluding carboxylic acids is 2. The van der Waals surface area contributed by atoms with E-state index in [1.54, 1.807) is 0 Å². The lowest BCUT2D eigenvalue weighted by molar-refractivity contribution is -0.119. The van der Waals surface area contributed by atoms with Crippen LogP contribution in [0.1, 0.15) is 5.56 Å². The second-order valence-corrected chi connectivity index (χ2v) is 4.37. The molecular weight excluding hydrogens is 314 g/mol. The Morgan fingerprint density at radius 3 is 2.58 bits per heavy atom. The van der Waals surface area contributed by atoms with Crippen molar-refractivity contribution in [2.75, 3.05) is 19.0 Å². The summed E-state index contributed by atoms with van der Waals surface area (Å²) in [4.78, 5) is 23.1. The largest absolute Gasteiger partial charge is 0.445 e. The minimum Gasteiger partial charge on any atom is -0.445 e. The van der Waals surface area contributed by atoms with Crippen molar-refractivity contribution < 1.29 is 19.1 Å². The molecule has 1 atom stereocenters. The molecule has 1 amide bonds. The first-order chi connectivity index (χ1) is 9.17. The zero-order chi connectivity index (χ0) is 14.1. The first kappa shape index (κ1) is 15.7. The second-order valence-electron chi connectivity index (χ2n) is 3.81. The summed E-state index contributed by atoms with van der Waals surface area (Å²) in [5.41, 5.74) is 0.882. The van der Waals surface area contributed by atoms with Gasteiger partial charge >= 0.3 is 6.09 Å². The highest BCUT2D eigenvalue weighted by Crippen LogP contribution is 2.01. The van der Waals surface area contributed by atoms with Crippen molar-refractivity contribution in [2.45, 2.75) is 12.6 Å². The number of halogens is 1. The van der Waals surface area contributed by atoms with Gasteiger partial charge in [0.2, 0.25) is 0 Å². The van der Waals surface area contributed by atoms with Crippen LogP contribution in [0.15, 0.2) is 30.3 Å². The molecule has 0 heterocycles. The minimum absolute atomic E-state index is 0.116. The van der Waals surface area contributed by atoms with Gasteiger partial charge in [-0.25, -0.2) is 4.79 Å². The van der Waals surface area contributed by atoms with Crippen LogP contribution in [0.25, 0.3) is 0 Å². The van der Waals surface area contributed by atoms with E-state index < -0.39 is 12.1 Å². The third-order valence-electron chi connectivity index (χ3n) is 2.36. The summed E-state index contributed by atoms with van der Waals surface area (Å²) in [5.74, 6) is -0.168. The van der Waals surface area contributed by atoms with Crippen LogP contribution in [-0.2, 0) is 20.9 Å². The van der Waals surface area contributed by atoms with Crippen molar-refractivity contribution in [1.82, 2.24) is 5.32 Å². The fourth-order valence-corrected chi connectivity index (χ4v) is 1.77. The summed E-state index contributed by atoms with van der Waals surface area (Å²) in [6, 6.07) is 8.60. The average Bonchev–Trinajstić information content (AvgIpc) is 2.45. The van der Waals surface area contributed by atoms with Crippen LogP contribution in [0.5, 0.6) is 0 Å². The van der Waals surface area contributed by atoms with Crippen molar-refractivity contribution in [3.8, 4) is 0 Å². The monoisotopic (exact) mass is 329 g/mol. The molecule has 0 radical (unpaired) electrons. The molecule has 0 fully saturated rings. The molecule has 104 valence electrons. The quantitative estimate of drug-likeness (QED) is 0.776. The van der Waals surface area contributed by atoms with Crippen molar-refractivity contribution in [2.24, 2.45) is 0 Å². The Morgan fingerprint density at radius 1 is 1.32 bits per heavy atom. The van der Waals surface area contributed by atoms with Gasteiger partial charge in [0.15, 0.2) is 5.78 Å². The summed E-state index contributed by atoms with van der Waals surface area (Å²) in [7, 11) is 1.46.